The molecule has 0 spiro atoms. The molecule has 0 aliphatic rings. The minimum absolute atomic E-state index is 0.131. The van der Waals surface area contributed by atoms with Crippen molar-refractivity contribution in [3.8, 4) is 11.5 Å². The first-order chi connectivity index (χ1) is 13.0. The third kappa shape index (κ3) is 6.94. The Bertz CT molecular complexity index is 727. The third-order valence-electron chi connectivity index (χ3n) is 4.01. The average Bonchev–Trinajstić information content (AvgIpc) is 2.66. The standard InChI is InChI=1S/C22H28N2O2S/c1-5-14-26-20-12-8-18(9-13-20)23-22(27)24-21(15-16(2)3)17-6-10-19(25-4)11-7-17/h5-13,16,21H,1,14-15H2,2-4H3,(H2,23,24,27)/t21-/m1/s1. The fourth-order valence-corrected chi connectivity index (χ4v) is 2.96. The number of anilines is 1. The monoisotopic (exact) mass is 384 g/mol. The number of ether oxygens (including phenoxy) is 2. The van der Waals surface area contributed by atoms with E-state index in [2.05, 4.69) is 43.2 Å². The molecule has 0 saturated heterocycles. The van der Waals surface area contributed by atoms with Crippen LogP contribution in [0.4, 0.5) is 5.69 Å². The highest BCUT2D eigenvalue weighted by atomic mass is 32.1. The van der Waals surface area contributed by atoms with Gasteiger partial charge in [0.2, 0.25) is 0 Å². The van der Waals surface area contributed by atoms with Gasteiger partial charge in [-0.2, -0.15) is 0 Å². The zero-order chi connectivity index (χ0) is 19.6. The largest absolute Gasteiger partial charge is 0.497 e. The molecule has 0 aliphatic carbocycles. The molecule has 0 radical (unpaired) electrons. The smallest absolute Gasteiger partial charge is 0.171 e. The van der Waals surface area contributed by atoms with Gasteiger partial charge in [0.25, 0.3) is 0 Å². The fraction of sp³-hybridized carbons (Fsp3) is 0.318. The van der Waals surface area contributed by atoms with Crippen LogP contribution in [0.3, 0.4) is 0 Å². The molecule has 4 nitrogen and oxygen atoms in total. The lowest BCUT2D eigenvalue weighted by Gasteiger charge is -2.23. The summed E-state index contributed by atoms with van der Waals surface area (Å²) in [5.41, 5.74) is 2.10. The van der Waals surface area contributed by atoms with Gasteiger partial charge in [0.05, 0.1) is 13.2 Å². The molecule has 0 aromatic heterocycles. The van der Waals surface area contributed by atoms with Crippen molar-refractivity contribution in [1.82, 2.24) is 5.32 Å². The Morgan fingerprint density at radius 3 is 2.26 bits per heavy atom. The van der Waals surface area contributed by atoms with Crippen LogP contribution in [0, 0.1) is 5.92 Å². The number of hydrogen-bond acceptors (Lipinski definition) is 3. The van der Waals surface area contributed by atoms with E-state index in [4.69, 9.17) is 21.7 Å². The minimum atomic E-state index is 0.131. The van der Waals surface area contributed by atoms with Gasteiger partial charge in [-0.15, -0.1) is 0 Å². The molecule has 0 heterocycles. The molecule has 2 aromatic rings. The Morgan fingerprint density at radius 1 is 1.07 bits per heavy atom. The molecule has 144 valence electrons. The topological polar surface area (TPSA) is 42.5 Å². The summed E-state index contributed by atoms with van der Waals surface area (Å²) < 4.78 is 10.7. The second kappa shape index (κ2) is 10.6. The van der Waals surface area contributed by atoms with Crippen LogP contribution in [0.2, 0.25) is 0 Å². The van der Waals surface area contributed by atoms with E-state index in [1.54, 1.807) is 13.2 Å². The van der Waals surface area contributed by atoms with E-state index in [0.29, 0.717) is 17.6 Å². The van der Waals surface area contributed by atoms with E-state index in [-0.39, 0.29) is 6.04 Å². The molecule has 2 rings (SSSR count). The number of hydrogen-bond donors (Lipinski definition) is 2. The van der Waals surface area contributed by atoms with E-state index < -0.39 is 0 Å². The lowest BCUT2D eigenvalue weighted by atomic mass is 9.97. The number of thiocarbonyl (C=S) groups is 1. The molecule has 0 aliphatic heterocycles. The van der Waals surface area contributed by atoms with Crippen molar-refractivity contribution in [2.75, 3.05) is 19.0 Å². The van der Waals surface area contributed by atoms with Gasteiger partial charge in [-0.25, -0.2) is 0 Å². The summed E-state index contributed by atoms with van der Waals surface area (Å²) in [4.78, 5) is 0. The predicted molar refractivity (Wildman–Crippen MR) is 117 cm³/mol. The Kier molecular flexibility index (Phi) is 8.14. The lowest BCUT2D eigenvalue weighted by Crippen LogP contribution is -2.33. The highest BCUT2D eigenvalue weighted by Gasteiger charge is 2.15. The van der Waals surface area contributed by atoms with E-state index >= 15 is 0 Å². The lowest BCUT2D eigenvalue weighted by molar-refractivity contribution is 0.363. The summed E-state index contributed by atoms with van der Waals surface area (Å²) in [7, 11) is 1.67. The molecular formula is C22H28N2O2S. The molecule has 0 bridgehead atoms. The van der Waals surface area contributed by atoms with Crippen LogP contribution in [0.5, 0.6) is 11.5 Å². The maximum absolute atomic E-state index is 5.53. The van der Waals surface area contributed by atoms with Crippen LogP contribution in [0.15, 0.2) is 61.2 Å². The Balaban J connectivity index is 2.00. The number of methoxy groups -OCH3 is 1. The van der Waals surface area contributed by atoms with Gasteiger partial charge in [0, 0.05) is 5.69 Å². The van der Waals surface area contributed by atoms with Crippen molar-refractivity contribution >= 4 is 23.0 Å². The number of rotatable bonds is 9. The van der Waals surface area contributed by atoms with E-state index in [1.807, 2.05) is 36.4 Å². The maximum atomic E-state index is 5.53. The highest BCUT2D eigenvalue weighted by molar-refractivity contribution is 7.80. The van der Waals surface area contributed by atoms with Gasteiger partial charge < -0.3 is 20.1 Å². The van der Waals surface area contributed by atoms with Gasteiger partial charge >= 0.3 is 0 Å². The summed E-state index contributed by atoms with van der Waals surface area (Å²) in [5.74, 6) is 2.19. The van der Waals surface area contributed by atoms with Crippen LogP contribution in [-0.2, 0) is 0 Å². The van der Waals surface area contributed by atoms with Gasteiger partial charge in [-0.05, 0) is 66.5 Å². The van der Waals surface area contributed by atoms with Gasteiger partial charge in [0.1, 0.15) is 18.1 Å². The van der Waals surface area contributed by atoms with Gasteiger partial charge in [-0.1, -0.05) is 38.6 Å². The van der Waals surface area contributed by atoms with Crippen molar-refractivity contribution in [3.63, 3.8) is 0 Å². The van der Waals surface area contributed by atoms with Crippen LogP contribution in [0.25, 0.3) is 0 Å². The summed E-state index contributed by atoms with van der Waals surface area (Å²) in [6.45, 7) is 8.55. The second-order valence-electron chi connectivity index (χ2n) is 6.68. The highest BCUT2D eigenvalue weighted by Crippen LogP contribution is 2.24. The van der Waals surface area contributed by atoms with Crippen LogP contribution < -0.4 is 20.1 Å². The maximum Gasteiger partial charge on any atom is 0.171 e. The third-order valence-corrected chi connectivity index (χ3v) is 4.23. The molecule has 0 fully saturated rings. The first-order valence-corrected chi connectivity index (χ1v) is 9.48. The molecule has 0 unspecified atom stereocenters. The van der Waals surface area contributed by atoms with E-state index in [0.717, 1.165) is 23.6 Å². The molecule has 0 amide bonds. The summed E-state index contributed by atoms with van der Waals surface area (Å²) >= 11 is 5.53. The molecule has 1 atom stereocenters. The van der Waals surface area contributed by atoms with Crippen molar-refractivity contribution < 1.29 is 9.47 Å². The molecule has 5 heteroatoms. The molecular weight excluding hydrogens is 356 g/mol. The van der Waals surface area contributed by atoms with Crippen LogP contribution in [0.1, 0.15) is 31.9 Å². The van der Waals surface area contributed by atoms with Crippen molar-refractivity contribution in [3.05, 3.63) is 66.7 Å². The molecule has 27 heavy (non-hydrogen) atoms. The molecule has 0 saturated carbocycles. The van der Waals surface area contributed by atoms with Crippen molar-refractivity contribution in [2.24, 2.45) is 5.92 Å². The van der Waals surface area contributed by atoms with Crippen molar-refractivity contribution in [1.29, 1.82) is 0 Å². The van der Waals surface area contributed by atoms with Gasteiger partial charge in [0.15, 0.2) is 5.11 Å². The van der Waals surface area contributed by atoms with Crippen LogP contribution >= 0.6 is 12.2 Å². The van der Waals surface area contributed by atoms with Crippen molar-refractivity contribution in [2.45, 2.75) is 26.3 Å². The zero-order valence-electron chi connectivity index (χ0n) is 16.2. The quantitative estimate of drug-likeness (QED) is 0.452. The number of benzene rings is 2. The Labute approximate surface area is 167 Å². The summed E-state index contributed by atoms with van der Waals surface area (Å²) in [6.07, 6.45) is 2.70. The summed E-state index contributed by atoms with van der Waals surface area (Å²) in [5, 5.41) is 7.27. The molecule has 2 aromatic carbocycles. The SMILES string of the molecule is C=CCOc1ccc(NC(=S)N[C@H](CC(C)C)c2ccc(OC)cc2)cc1. The average molecular weight is 385 g/mol. The number of nitrogens with one attached hydrogen (secondary N) is 2. The van der Waals surface area contributed by atoms with Gasteiger partial charge in [-0.3, -0.25) is 0 Å². The second-order valence-corrected chi connectivity index (χ2v) is 7.09. The zero-order valence-corrected chi connectivity index (χ0v) is 17.0. The first kappa shape index (κ1) is 20.8. The molecule has 2 N–H and O–H groups in total. The Morgan fingerprint density at radius 2 is 1.70 bits per heavy atom. The Hall–Kier alpha value is -2.53. The fourth-order valence-electron chi connectivity index (χ4n) is 2.70. The minimum Gasteiger partial charge on any atom is -0.497 e. The normalized spacial score (nSPS) is 11.6. The predicted octanol–water partition coefficient (Wildman–Crippen LogP) is 5.33. The summed E-state index contributed by atoms with van der Waals surface area (Å²) in [6, 6.07) is 15.9. The van der Waals surface area contributed by atoms with E-state index in [1.165, 1.54) is 5.56 Å². The first-order valence-electron chi connectivity index (χ1n) is 9.07. The van der Waals surface area contributed by atoms with Crippen LogP contribution in [-0.4, -0.2) is 18.8 Å². The van der Waals surface area contributed by atoms with E-state index in [9.17, 15) is 0 Å².